The fraction of sp³-hybridized carbons (Fsp3) is 0.292. The Morgan fingerprint density at radius 3 is 2.46 bits per heavy atom. The van der Waals surface area contributed by atoms with Crippen molar-refractivity contribution in [3.05, 3.63) is 64.6 Å². The number of hydrogen-bond acceptors (Lipinski definition) is 6. The van der Waals surface area contributed by atoms with Crippen molar-refractivity contribution in [2.24, 2.45) is 17.9 Å². The van der Waals surface area contributed by atoms with Gasteiger partial charge in [0.15, 0.2) is 11.5 Å². The Morgan fingerprint density at radius 2 is 1.81 bits per heavy atom. The summed E-state index contributed by atoms with van der Waals surface area (Å²) in [5.41, 5.74) is 7.06. The predicted octanol–water partition coefficient (Wildman–Crippen LogP) is 2.92. The van der Waals surface area contributed by atoms with Crippen molar-refractivity contribution in [3.8, 4) is 17.3 Å². The number of primary amides is 1. The van der Waals surface area contributed by atoms with E-state index in [-0.39, 0.29) is 24.7 Å². The number of nitrogens with two attached hydrogens (primary N) is 1. The third kappa shape index (κ3) is 4.47. The van der Waals surface area contributed by atoms with E-state index in [1.54, 1.807) is 14.0 Å². The summed E-state index contributed by atoms with van der Waals surface area (Å²) in [4.78, 5) is 30.3. The van der Waals surface area contributed by atoms with Crippen LogP contribution in [0.1, 0.15) is 34.1 Å². The highest BCUT2D eigenvalue weighted by Crippen LogP contribution is 2.32. The molecule has 1 saturated heterocycles. The lowest BCUT2D eigenvalue weighted by Gasteiger charge is -2.40. The van der Waals surface area contributed by atoms with Crippen molar-refractivity contribution >= 4 is 18.2 Å². The molecule has 0 aliphatic carbocycles. The molecule has 2 aliphatic rings. The van der Waals surface area contributed by atoms with Crippen molar-refractivity contribution in [1.29, 1.82) is 0 Å². The topological polar surface area (TPSA) is 119 Å². The van der Waals surface area contributed by atoms with Gasteiger partial charge in [0.05, 0.1) is 30.5 Å². The van der Waals surface area contributed by atoms with Crippen molar-refractivity contribution in [2.45, 2.75) is 25.5 Å². The number of benzene rings is 1. The molecule has 0 bridgehead atoms. The van der Waals surface area contributed by atoms with Gasteiger partial charge in [-0.1, -0.05) is 0 Å². The van der Waals surface area contributed by atoms with Gasteiger partial charge in [0.1, 0.15) is 17.7 Å². The summed E-state index contributed by atoms with van der Waals surface area (Å²) in [6, 6.07) is 4.63. The van der Waals surface area contributed by atoms with Crippen molar-refractivity contribution in [1.82, 2.24) is 24.7 Å². The van der Waals surface area contributed by atoms with E-state index < -0.39 is 41.5 Å². The molecule has 1 fully saturated rings. The molecule has 10 nitrogen and oxygen atoms in total. The molecule has 3 amide bonds. The second-order valence-electron chi connectivity index (χ2n) is 8.82. The monoisotopic (exact) mass is 513 g/mol. The van der Waals surface area contributed by atoms with E-state index in [9.17, 15) is 22.8 Å². The molecule has 1 atom stereocenters. The zero-order chi connectivity index (χ0) is 26.4. The molecule has 0 radical (unpaired) electrons. The normalized spacial score (nSPS) is 17.3. The maximum atomic E-state index is 14.5. The third-order valence-electron chi connectivity index (χ3n) is 6.27. The lowest BCUT2D eigenvalue weighted by molar-refractivity contribution is 0.0231. The van der Waals surface area contributed by atoms with Crippen LogP contribution >= 0.6 is 0 Å². The number of aromatic nitrogens is 3. The highest BCUT2D eigenvalue weighted by Gasteiger charge is 2.39. The first-order valence-corrected chi connectivity index (χ1v) is 11.4. The van der Waals surface area contributed by atoms with E-state index in [0.29, 0.717) is 28.9 Å². The number of hydrogen-bond donors (Lipinski definition) is 1. The highest BCUT2D eigenvalue weighted by molar-refractivity contribution is 5.94. The predicted molar refractivity (Wildman–Crippen MR) is 125 cm³/mol. The van der Waals surface area contributed by atoms with E-state index in [1.165, 1.54) is 45.1 Å². The Balaban J connectivity index is 1.27. The fourth-order valence-electron chi connectivity index (χ4n) is 4.47. The molecular formula is C24H22F3N7O3. The molecule has 3 aromatic rings. The van der Waals surface area contributed by atoms with Gasteiger partial charge in [-0.3, -0.25) is 9.48 Å². The minimum atomic E-state index is -0.740. The van der Waals surface area contributed by atoms with Gasteiger partial charge in [0.25, 0.3) is 11.8 Å². The van der Waals surface area contributed by atoms with Crippen LogP contribution in [0.5, 0.6) is 5.88 Å². The van der Waals surface area contributed by atoms with Gasteiger partial charge in [-0.05, 0) is 36.8 Å². The number of likely N-dealkylation sites (tertiary alicyclic amines) is 1. The van der Waals surface area contributed by atoms with E-state index in [0.717, 1.165) is 6.07 Å². The van der Waals surface area contributed by atoms with Gasteiger partial charge >= 0.3 is 6.03 Å². The first-order valence-electron chi connectivity index (χ1n) is 11.4. The maximum Gasteiger partial charge on any atom is 0.341 e. The van der Waals surface area contributed by atoms with Gasteiger partial charge in [-0.2, -0.15) is 10.2 Å². The molecule has 192 valence electrons. The van der Waals surface area contributed by atoms with E-state index in [2.05, 4.69) is 15.2 Å². The Bertz CT molecular complexity index is 1410. The average molecular weight is 513 g/mol. The Hall–Kier alpha value is -4.42. The molecule has 2 N–H and O–H groups in total. The number of pyridine rings is 1. The molecule has 0 saturated carbocycles. The number of urea groups is 1. The summed E-state index contributed by atoms with van der Waals surface area (Å²) in [6.45, 7) is 1.93. The zero-order valence-corrected chi connectivity index (χ0v) is 19.9. The van der Waals surface area contributed by atoms with Crippen LogP contribution in [0.15, 0.2) is 35.4 Å². The molecule has 2 aliphatic heterocycles. The number of hydrazone groups is 1. The second-order valence-corrected chi connectivity index (χ2v) is 8.82. The van der Waals surface area contributed by atoms with Crippen molar-refractivity contribution in [3.63, 3.8) is 0 Å². The van der Waals surface area contributed by atoms with Gasteiger partial charge in [-0.25, -0.2) is 28.0 Å². The van der Waals surface area contributed by atoms with Gasteiger partial charge in [-0.15, -0.1) is 0 Å². The lowest BCUT2D eigenvalue weighted by Crippen LogP contribution is -2.59. The van der Waals surface area contributed by atoms with Crippen LogP contribution < -0.4 is 10.5 Å². The SMILES string of the molecule is Cc1c(C(N)=O)nn(C)c1-c1ccc(F)c(OC2CN(C(=O)N3N=CC[C@H]3c3cc(F)cc(F)c3)C2)n1. The third-order valence-corrected chi connectivity index (χ3v) is 6.27. The van der Waals surface area contributed by atoms with E-state index in [4.69, 9.17) is 10.5 Å². The van der Waals surface area contributed by atoms with Crippen molar-refractivity contribution in [2.75, 3.05) is 13.1 Å². The summed E-state index contributed by atoms with van der Waals surface area (Å²) in [7, 11) is 1.61. The molecule has 13 heteroatoms. The second kappa shape index (κ2) is 9.22. The standard InChI is InChI=1S/C24H22F3N7O3/c1-12-20(22(28)35)31-32(2)21(12)18-4-3-17(27)23(30-18)37-16-10-33(11-16)24(36)34-19(5-6-29-34)13-7-14(25)9-15(26)8-13/h3-4,6-9,16,19H,5,10-11H2,1-2H3,(H2,28,35)/t19-/m0/s1. The van der Waals surface area contributed by atoms with Crippen LogP contribution in [0, 0.1) is 24.4 Å². The molecule has 0 spiro atoms. The minimum absolute atomic E-state index is 0.0862. The van der Waals surface area contributed by atoms with E-state index in [1.807, 2.05) is 0 Å². The Kier molecular flexibility index (Phi) is 6.05. The Morgan fingerprint density at radius 1 is 1.11 bits per heavy atom. The molecule has 5 rings (SSSR count). The first kappa shape index (κ1) is 24.3. The number of amides is 3. The quantitative estimate of drug-likeness (QED) is 0.563. The van der Waals surface area contributed by atoms with Gasteiger partial charge in [0, 0.05) is 31.3 Å². The van der Waals surface area contributed by atoms with Crippen LogP contribution in [-0.4, -0.2) is 62.0 Å². The Labute approximate surface area is 209 Å². The number of halogens is 3. The number of carbonyl (C=O) groups is 2. The van der Waals surface area contributed by atoms with Gasteiger partial charge < -0.3 is 15.4 Å². The van der Waals surface area contributed by atoms with Crippen molar-refractivity contribution < 1.29 is 27.5 Å². The summed E-state index contributed by atoms with van der Waals surface area (Å²) in [5, 5.41) is 9.34. The maximum absolute atomic E-state index is 14.5. The summed E-state index contributed by atoms with van der Waals surface area (Å²) in [5.74, 6) is -3.13. The van der Waals surface area contributed by atoms with Crippen LogP contribution in [0.3, 0.4) is 0 Å². The zero-order valence-electron chi connectivity index (χ0n) is 19.9. The highest BCUT2D eigenvalue weighted by atomic mass is 19.1. The minimum Gasteiger partial charge on any atom is -0.468 e. The van der Waals surface area contributed by atoms with Crippen LogP contribution in [-0.2, 0) is 7.05 Å². The van der Waals surface area contributed by atoms with Crippen LogP contribution in [0.4, 0.5) is 18.0 Å². The molecule has 0 unspecified atom stereocenters. The first-order chi connectivity index (χ1) is 17.6. The van der Waals surface area contributed by atoms with Crippen LogP contribution in [0.25, 0.3) is 11.4 Å². The van der Waals surface area contributed by atoms with Gasteiger partial charge in [0.2, 0.25) is 0 Å². The number of rotatable bonds is 5. The smallest absolute Gasteiger partial charge is 0.341 e. The molecule has 2 aromatic heterocycles. The number of ether oxygens (including phenoxy) is 1. The molecule has 37 heavy (non-hydrogen) atoms. The number of aryl methyl sites for hydroxylation is 1. The largest absolute Gasteiger partial charge is 0.468 e. The molecular weight excluding hydrogens is 491 g/mol. The summed E-state index contributed by atoms with van der Waals surface area (Å²) < 4.78 is 49.0. The number of nitrogens with zero attached hydrogens (tertiary/aromatic N) is 6. The molecule has 1 aromatic carbocycles. The molecule has 4 heterocycles. The fourth-order valence-corrected chi connectivity index (χ4v) is 4.47. The van der Waals surface area contributed by atoms with E-state index >= 15 is 0 Å². The number of carbonyl (C=O) groups excluding carboxylic acids is 2. The summed E-state index contributed by atoms with van der Waals surface area (Å²) >= 11 is 0. The average Bonchev–Trinajstić information content (AvgIpc) is 3.41. The lowest BCUT2D eigenvalue weighted by atomic mass is 10.0. The van der Waals surface area contributed by atoms with Crippen LogP contribution in [0.2, 0.25) is 0 Å². The summed E-state index contributed by atoms with van der Waals surface area (Å²) in [6.07, 6.45) is 1.29.